The van der Waals surface area contributed by atoms with Crippen LogP contribution >= 0.6 is 0 Å². The van der Waals surface area contributed by atoms with Crippen molar-refractivity contribution in [2.75, 3.05) is 6.61 Å². The van der Waals surface area contributed by atoms with E-state index >= 15 is 0 Å². The number of alkyl halides is 3. The Labute approximate surface area is 244 Å². The van der Waals surface area contributed by atoms with E-state index in [1.54, 1.807) is 6.07 Å². The molecular weight excluding hydrogens is 573 g/mol. The zero-order valence-electron chi connectivity index (χ0n) is 24.3. The molecule has 1 N–H and O–H groups in total. The van der Waals surface area contributed by atoms with Crippen molar-refractivity contribution in [3.63, 3.8) is 0 Å². The Morgan fingerprint density at radius 1 is 1.07 bits per heavy atom. The minimum absolute atomic E-state index is 0.0869. The van der Waals surface area contributed by atoms with Crippen LogP contribution < -0.4 is 4.18 Å². The fourth-order valence-electron chi connectivity index (χ4n) is 10.9. The fourth-order valence-corrected chi connectivity index (χ4v) is 11.3. The first-order valence-electron chi connectivity index (χ1n) is 15.1. The normalized spacial score (nSPS) is 44.1. The SMILES string of the molecule is CC1(C)COOC2(CC[C@@]34Cc5cc(OS(=O)(=O)C(F)(F)F)ccc5[C@H]5C[C@]6(C)C(=O)CC[C@H]6[C@H](CC[C@@]3(O)C2)[C@H]54)C1. The predicted molar refractivity (Wildman–Crippen MR) is 145 cm³/mol. The van der Waals surface area contributed by atoms with Gasteiger partial charge in [0, 0.05) is 23.7 Å². The number of Topliss-reactive ketones (excluding diaryl/α,β-unsaturated/α-hetero) is 1. The Kier molecular flexibility index (Phi) is 6.03. The summed E-state index contributed by atoms with van der Waals surface area (Å²) in [5.74, 6) is 0.347. The van der Waals surface area contributed by atoms with Gasteiger partial charge in [0.25, 0.3) is 0 Å². The second kappa shape index (κ2) is 8.73. The van der Waals surface area contributed by atoms with Gasteiger partial charge in [0.15, 0.2) is 0 Å². The minimum atomic E-state index is -5.84. The van der Waals surface area contributed by atoms with Gasteiger partial charge in [-0.05, 0) is 104 Å². The van der Waals surface area contributed by atoms with Gasteiger partial charge < -0.3 is 9.29 Å². The number of hydrogen-bond acceptors (Lipinski definition) is 7. The van der Waals surface area contributed by atoms with Crippen molar-refractivity contribution in [1.82, 2.24) is 0 Å². The molecule has 1 saturated heterocycles. The van der Waals surface area contributed by atoms with E-state index < -0.39 is 43.4 Å². The minimum Gasteiger partial charge on any atom is -0.389 e. The second-order valence-corrected chi connectivity index (χ2v) is 16.8. The van der Waals surface area contributed by atoms with Gasteiger partial charge in [0.05, 0.1) is 12.2 Å². The number of ketones is 1. The second-order valence-electron chi connectivity index (χ2n) is 15.3. The number of aliphatic hydroxyl groups is 1. The zero-order chi connectivity index (χ0) is 30.1. The highest BCUT2D eigenvalue weighted by atomic mass is 32.2. The maximum Gasteiger partial charge on any atom is 0.534 e. The van der Waals surface area contributed by atoms with Crippen LogP contribution in [-0.4, -0.2) is 42.6 Å². The number of carbonyl (C=O) groups is 1. The van der Waals surface area contributed by atoms with Crippen molar-refractivity contribution in [2.24, 2.45) is 34.0 Å². The van der Waals surface area contributed by atoms with E-state index in [4.69, 9.17) is 9.78 Å². The lowest BCUT2D eigenvalue weighted by Gasteiger charge is -2.70. The van der Waals surface area contributed by atoms with Crippen LogP contribution in [0.4, 0.5) is 13.2 Å². The van der Waals surface area contributed by atoms with Crippen LogP contribution in [-0.2, 0) is 31.1 Å². The molecule has 7 nitrogen and oxygen atoms in total. The number of fused-ring (bicyclic) bond motifs is 4. The smallest absolute Gasteiger partial charge is 0.389 e. The molecule has 42 heavy (non-hydrogen) atoms. The molecule has 8 atom stereocenters. The summed E-state index contributed by atoms with van der Waals surface area (Å²) in [6.45, 7) is 6.80. The lowest BCUT2D eigenvalue weighted by Crippen LogP contribution is -2.70. The Morgan fingerprint density at radius 2 is 1.83 bits per heavy atom. The number of hydrogen-bond donors (Lipinski definition) is 1. The average Bonchev–Trinajstić information content (AvgIpc) is 3.16. The van der Waals surface area contributed by atoms with Crippen molar-refractivity contribution < 1.29 is 45.4 Å². The molecule has 0 amide bonds. The maximum absolute atomic E-state index is 13.3. The number of benzene rings is 1. The lowest BCUT2D eigenvalue weighted by molar-refractivity contribution is -0.425. The highest BCUT2D eigenvalue weighted by Crippen LogP contribution is 2.74. The van der Waals surface area contributed by atoms with Gasteiger partial charge in [-0.1, -0.05) is 26.8 Å². The average molecular weight is 613 g/mol. The van der Waals surface area contributed by atoms with E-state index in [9.17, 15) is 31.5 Å². The van der Waals surface area contributed by atoms with Crippen LogP contribution in [0, 0.1) is 34.0 Å². The molecule has 0 radical (unpaired) electrons. The summed E-state index contributed by atoms with van der Waals surface area (Å²) >= 11 is 0. The van der Waals surface area contributed by atoms with Gasteiger partial charge in [-0.3, -0.25) is 4.79 Å². The highest BCUT2D eigenvalue weighted by molar-refractivity contribution is 7.88. The molecule has 1 unspecified atom stereocenters. The largest absolute Gasteiger partial charge is 0.534 e. The number of carbonyl (C=O) groups excluding carboxylic acids is 1. The molecule has 1 heterocycles. The Hall–Kier alpha value is -1.69. The summed E-state index contributed by atoms with van der Waals surface area (Å²) in [7, 11) is -5.84. The summed E-state index contributed by atoms with van der Waals surface area (Å²) in [6.07, 6.45) is 6.21. The van der Waals surface area contributed by atoms with Gasteiger partial charge in [0.1, 0.15) is 17.1 Å². The number of halogens is 3. The van der Waals surface area contributed by atoms with Crippen molar-refractivity contribution in [3.8, 4) is 5.75 Å². The van der Waals surface area contributed by atoms with Gasteiger partial charge in [-0.2, -0.15) is 21.6 Å². The van der Waals surface area contributed by atoms with E-state index in [2.05, 4.69) is 25.0 Å². The zero-order valence-corrected chi connectivity index (χ0v) is 25.1. The van der Waals surface area contributed by atoms with Crippen molar-refractivity contribution >= 4 is 15.9 Å². The summed E-state index contributed by atoms with van der Waals surface area (Å²) in [4.78, 5) is 24.9. The van der Waals surface area contributed by atoms with Gasteiger partial charge in [-0.25, -0.2) is 9.78 Å². The standard InChI is InChI=1S/C31H39F3O7S/c1-26(2)15-28(41-39-17-26)10-11-29-13-18-12-19(40-42(37,38)31(32,33)34)4-5-20(18)22-14-27(3)23(6-7-24(27)35)21(25(22)29)8-9-30(29,36)16-28/h4-5,12,21-23,25,36H,6-11,13-17H2,1-3H3/t21-,22+,23-,25+,27-,28?,29-,30+/m0/s1. The summed E-state index contributed by atoms with van der Waals surface area (Å²) in [5.41, 5.74) is -6.90. The molecule has 1 aliphatic heterocycles. The van der Waals surface area contributed by atoms with Crippen molar-refractivity contribution in [1.29, 1.82) is 0 Å². The molecule has 6 aliphatic rings. The van der Waals surface area contributed by atoms with Gasteiger partial charge >= 0.3 is 15.6 Å². The molecule has 11 heteroatoms. The molecule has 0 aromatic heterocycles. The van der Waals surface area contributed by atoms with Gasteiger partial charge in [-0.15, -0.1) is 0 Å². The van der Waals surface area contributed by atoms with E-state index in [-0.39, 0.29) is 34.9 Å². The third kappa shape index (κ3) is 3.94. The highest BCUT2D eigenvalue weighted by Gasteiger charge is 2.72. The molecule has 1 aromatic carbocycles. The van der Waals surface area contributed by atoms with Crippen molar-refractivity contribution in [2.45, 2.75) is 108 Å². The summed E-state index contributed by atoms with van der Waals surface area (Å²) in [6, 6.07) is 4.39. The van der Waals surface area contributed by atoms with Crippen LogP contribution in [0.2, 0.25) is 0 Å². The molecule has 2 spiro atoms. The van der Waals surface area contributed by atoms with Crippen molar-refractivity contribution in [3.05, 3.63) is 29.3 Å². The lowest BCUT2D eigenvalue weighted by atomic mass is 9.36. The molecule has 232 valence electrons. The van der Waals surface area contributed by atoms with Crippen LogP contribution in [0.1, 0.15) is 95.6 Å². The molecule has 1 aromatic rings. The predicted octanol–water partition coefficient (Wildman–Crippen LogP) is 5.99. The molecule has 0 bridgehead atoms. The topological polar surface area (TPSA) is 99.1 Å². The first-order valence-corrected chi connectivity index (χ1v) is 16.5. The molecule has 5 aliphatic carbocycles. The molecule has 7 rings (SSSR count). The van der Waals surface area contributed by atoms with Crippen LogP contribution in [0.15, 0.2) is 18.2 Å². The maximum atomic E-state index is 13.3. The van der Waals surface area contributed by atoms with E-state index in [0.29, 0.717) is 57.1 Å². The summed E-state index contributed by atoms with van der Waals surface area (Å²) < 4.78 is 67.7. The van der Waals surface area contributed by atoms with Gasteiger partial charge in [0.2, 0.25) is 0 Å². The van der Waals surface area contributed by atoms with Crippen LogP contribution in [0.3, 0.4) is 0 Å². The number of rotatable bonds is 2. The third-order valence-electron chi connectivity index (χ3n) is 12.3. The van der Waals surface area contributed by atoms with Crippen LogP contribution in [0.5, 0.6) is 5.75 Å². The quantitative estimate of drug-likeness (QED) is 0.249. The Morgan fingerprint density at radius 3 is 2.55 bits per heavy atom. The Balaban J connectivity index is 1.34. The first kappa shape index (κ1) is 29.0. The van der Waals surface area contributed by atoms with E-state index in [1.807, 2.05) is 0 Å². The van der Waals surface area contributed by atoms with E-state index in [1.165, 1.54) is 12.1 Å². The third-order valence-corrected chi connectivity index (χ3v) is 13.3. The monoisotopic (exact) mass is 612 g/mol. The molecule has 4 saturated carbocycles. The van der Waals surface area contributed by atoms with E-state index in [0.717, 1.165) is 24.8 Å². The Bertz CT molecular complexity index is 1440. The molecular formula is C31H39F3O7S. The summed E-state index contributed by atoms with van der Waals surface area (Å²) in [5, 5.41) is 12.8. The molecule has 5 fully saturated rings. The fraction of sp³-hybridized carbons (Fsp3) is 0.774. The first-order chi connectivity index (χ1) is 19.4. The van der Waals surface area contributed by atoms with Crippen LogP contribution in [0.25, 0.3) is 0 Å².